The summed E-state index contributed by atoms with van der Waals surface area (Å²) in [5, 5.41) is 11.0. The first-order valence-corrected chi connectivity index (χ1v) is 10.8. The summed E-state index contributed by atoms with van der Waals surface area (Å²) >= 11 is 0. The van der Waals surface area contributed by atoms with Gasteiger partial charge in [0, 0.05) is 31.4 Å². The number of nitrogens with zero attached hydrogens (tertiary/aromatic N) is 5. The molecule has 1 saturated heterocycles. The first-order chi connectivity index (χ1) is 17.2. The second kappa shape index (κ2) is 10.7. The highest BCUT2D eigenvalue weighted by molar-refractivity contribution is 5.73. The second-order valence-corrected chi connectivity index (χ2v) is 8.60. The first-order valence-electron chi connectivity index (χ1n) is 10.8. The van der Waals surface area contributed by atoms with Crippen molar-refractivity contribution in [3.8, 4) is 11.4 Å². The number of anilines is 1. The molecule has 1 N–H and O–H groups in total. The Morgan fingerprint density at radius 3 is 2.27 bits per heavy atom. The average molecular weight is 531 g/mol. The van der Waals surface area contributed by atoms with Crippen molar-refractivity contribution >= 4 is 11.8 Å². The van der Waals surface area contributed by atoms with Gasteiger partial charge in [-0.3, -0.25) is 0 Å². The zero-order valence-corrected chi connectivity index (χ0v) is 19.7. The number of aliphatic carboxylic acids is 1. The fourth-order valence-electron chi connectivity index (χ4n) is 3.73. The second-order valence-electron chi connectivity index (χ2n) is 8.60. The molecule has 0 aliphatic carbocycles. The molecule has 0 amide bonds. The lowest BCUT2D eigenvalue weighted by Crippen LogP contribution is -2.45. The standard InChI is InChI=1S/C21H22F3N5O.C2HF3O2/c1-28(2)13-15-6-8-16(9-7-15)18-26-19(30-27-18)20(21(22,23)24)10-12-29(14-20)17-5-3-4-11-25-17;3-2(4,5)1(6)7/h3-9,11H,10,12-14H2,1-2H3;(H,6,7). The number of pyridine rings is 1. The molecule has 1 atom stereocenters. The minimum atomic E-state index is -5.08. The summed E-state index contributed by atoms with van der Waals surface area (Å²) in [6.45, 7) is 0.655. The molecule has 1 aliphatic heterocycles. The highest BCUT2D eigenvalue weighted by atomic mass is 19.4. The van der Waals surface area contributed by atoms with Gasteiger partial charge < -0.3 is 19.4 Å². The number of benzene rings is 1. The van der Waals surface area contributed by atoms with E-state index in [1.54, 1.807) is 41.4 Å². The maximum absolute atomic E-state index is 14.2. The monoisotopic (exact) mass is 531 g/mol. The number of halogens is 6. The number of rotatable bonds is 5. The third-order valence-electron chi connectivity index (χ3n) is 5.57. The Bertz CT molecular complexity index is 1180. The molecular formula is C23H23F6N5O3. The van der Waals surface area contributed by atoms with Crippen LogP contribution in [-0.2, 0) is 16.8 Å². The lowest BCUT2D eigenvalue weighted by atomic mass is 9.86. The van der Waals surface area contributed by atoms with Gasteiger partial charge in [-0.2, -0.15) is 31.3 Å². The average Bonchev–Trinajstić information content (AvgIpc) is 3.48. The molecule has 37 heavy (non-hydrogen) atoms. The van der Waals surface area contributed by atoms with Crippen LogP contribution in [0.4, 0.5) is 32.2 Å². The molecule has 2 aromatic heterocycles. The molecule has 1 aromatic carbocycles. The van der Waals surface area contributed by atoms with Crippen molar-refractivity contribution in [2.75, 3.05) is 32.1 Å². The third kappa shape index (κ3) is 6.56. The molecule has 3 aromatic rings. The van der Waals surface area contributed by atoms with Gasteiger partial charge in [0.2, 0.25) is 11.7 Å². The molecule has 1 aliphatic rings. The van der Waals surface area contributed by atoms with Crippen molar-refractivity contribution in [1.29, 1.82) is 0 Å². The van der Waals surface area contributed by atoms with Gasteiger partial charge in [-0.25, -0.2) is 9.78 Å². The molecule has 8 nitrogen and oxygen atoms in total. The van der Waals surface area contributed by atoms with Crippen molar-refractivity contribution in [1.82, 2.24) is 20.0 Å². The van der Waals surface area contributed by atoms with Crippen LogP contribution in [-0.4, -0.2) is 70.6 Å². The maximum atomic E-state index is 14.2. The van der Waals surface area contributed by atoms with Gasteiger partial charge >= 0.3 is 18.3 Å². The molecule has 1 unspecified atom stereocenters. The third-order valence-corrected chi connectivity index (χ3v) is 5.57. The Kier molecular flexibility index (Phi) is 8.10. The summed E-state index contributed by atoms with van der Waals surface area (Å²) in [5.41, 5.74) is -0.522. The van der Waals surface area contributed by atoms with E-state index in [-0.39, 0.29) is 25.3 Å². The molecule has 0 radical (unpaired) electrons. The molecule has 14 heteroatoms. The van der Waals surface area contributed by atoms with Gasteiger partial charge in [0.1, 0.15) is 5.82 Å². The van der Waals surface area contributed by atoms with E-state index in [1.165, 1.54) is 0 Å². The molecule has 0 spiro atoms. The summed E-state index contributed by atoms with van der Waals surface area (Å²) in [6, 6.07) is 12.6. The predicted octanol–water partition coefficient (Wildman–Crippen LogP) is 4.54. The summed E-state index contributed by atoms with van der Waals surface area (Å²) in [7, 11) is 3.93. The molecule has 4 rings (SSSR count). The van der Waals surface area contributed by atoms with E-state index in [1.807, 2.05) is 31.1 Å². The van der Waals surface area contributed by atoms with Crippen LogP contribution < -0.4 is 4.90 Å². The highest BCUT2D eigenvalue weighted by Gasteiger charge is 2.63. The van der Waals surface area contributed by atoms with Gasteiger partial charge in [-0.05, 0) is 38.2 Å². The maximum Gasteiger partial charge on any atom is 0.490 e. The number of carbonyl (C=O) groups is 1. The van der Waals surface area contributed by atoms with Crippen molar-refractivity contribution in [2.45, 2.75) is 30.7 Å². The van der Waals surface area contributed by atoms with Crippen molar-refractivity contribution in [3.05, 3.63) is 60.1 Å². The van der Waals surface area contributed by atoms with Crippen LogP contribution in [0.25, 0.3) is 11.4 Å². The van der Waals surface area contributed by atoms with E-state index in [0.29, 0.717) is 11.4 Å². The smallest absolute Gasteiger partial charge is 0.475 e. The molecule has 200 valence electrons. The predicted molar refractivity (Wildman–Crippen MR) is 120 cm³/mol. The SMILES string of the molecule is CN(C)Cc1ccc(-c2noc(C3(C(F)(F)F)CCN(c4ccccn4)C3)n2)cc1.O=C(O)C(F)(F)F. The summed E-state index contributed by atoms with van der Waals surface area (Å²) in [5.74, 6) is -2.51. The van der Waals surface area contributed by atoms with Crippen molar-refractivity contribution < 1.29 is 40.8 Å². The fraction of sp³-hybridized carbons (Fsp3) is 0.391. The van der Waals surface area contributed by atoms with E-state index in [4.69, 9.17) is 14.4 Å². The normalized spacial score (nSPS) is 18.0. The molecule has 1 fully saturated rings. The fourth-order valence-corrected chi connectivity index (χ4v) is 3.73. The minimum Gasteiger partial charge on any atom is -0.475 e. The summed E-state index contributed by atoms with van der Waals surface area (Å²) in [6.07, 6.45) is -8.22. The number of carboxylic acid groups (broad SMARTS) is 1. The van der Waals surface area contributed by atoms with Gasteiger partial charge in [-0.15, -0.1) is 0 Å². The van der Waals surface area contributed by atoms with Crippen LogP contribution in [0, 0.1) is 0 Å². The number of alkyl halides is 6. The highest BCUT2D eigenvalue weighted by Crippen LogP contribution is 2.48. The minimum absolute atomic E-state index is 0.154. The number of aromatic nitrogens is 3. The molecular weight excluding hydrogens is 508 g/mol. The van der Waals surface area contributed by atoms with E-state index in [0.717, 1.165) is 12.1 Å². The quantitative estimate of drug-likeness (QED) is 0.480. The Labute approximate surface area is 207 Å². The van der Waals surface area contributed by atoms with Crippen molar-refractivity contribution in [3.63, 3.8) is 0 Å². The van der Waals surface area contributed by atoms with Crippen LogP contribution in [0.2, 0.25) is 0 Å². The zero-order chi connectivity index (χ0) is 27.4. The molecule has 3 heterocycles. The summed E-state index contributed by atoms with van der Waals surface area (Å²) in [4.78, 5) is 20.9. The van der Waals surface area contributed by atoms with Gasteiger partial charge in [0.05, 0.1) is 0 Å². The molecule has 0 saturated carbocycles. The Morgan fingerprint density at radius 1 is 1.11 bits per heavy atom. The van der Waals surface area contributed by atoms with Crippen molar-refractivity contribution in [2.24, 2.45) is 0 Å². The lowest BCUT2D eigenvalue weighted by Gasteiger charge is -2.28. The summed E-state index contributed by atoms with van der Waals surface area (Å²) < 4.78 is 79.5. The van der Waals surface area contributed by atoms with Crippen LogP contribution in [0.15, 0.2) is 53.2 Å². The first kappa shape index (κ1) is 27.9. The van der Waals surface area contributed by atoms with Crippen LogP contribution >= 0.6 is 0 Å². The lowest BCUT2D eigenvalue weighted by molar-refractivity contribution is -0.193. The number of hydrogen-bond donors (Lipinski definition) is 1. The van der Waals surface area contributed by atoms with E-state index in [2.05, 4.69) is 15.1 Å². The van der Waals surface area contributed by atoms with Crippen LogP contribution in [0.1, 0.15) is 17.9 Å². The Hall–Kier alpha value is -3.68. The topological polar surface area (TPSA) is 95.6 Å². The Morgan fingerprint density at radius 2 is 1.76 bits per heavy atom. The largest absolute Gasteiger partial charge is 0.490 e. The number of hydrogen-bond acceptors (Lipinski definition) is 7. The van der Waals surface area contributed by atoms with Crippen LogP contribution in [0.5, 0.6) is 0 Å². The van der Waals surface area contributed by atoms with Gasteiger partial charge in [0.15, 0.2) is 5.41 Å². The van der Waals surface area contributed by atoms with Crippen LogP contribution in [0.3, 0.4) is 0 Å². The van der Waals surface area contributed by atoms with Gasteiger partial charge in [0.25, 0.3) is 0 Å². The Balaban J connectivity index is 0.000000479. The van der Waals surface area contributed by atoms with Gasteiger partial charge in [-0.1, -0.05) is 35.5 Å². The van der Waals surface area contributed by atoms with E-state index >= 15 is 0 Å². The van der Waals surface area contributed by atoms with E-state index < -0.39 is 29.6 Å². The zero-order valence-electron chi connectivity index (χ0n) is 19.7. The molecule has 0 bridgehead atoms. The van der Waals surface area contributed by atoms with E-state index in [9.17, 15) is 26.3 Å². The number of carboxylic acids is 1.